The zero-order valence-corrected chi connectivity index (χ0v) is 18.5. The van der Waals surface area contributed by atoms with E-state index in [1.165, 1.54) is 7.11 Å². The number of ether oxygens (including phenoxy) is 1. The maximum Gasteiger partial charge on any atom is 0.337 e. The van der Waals surface area contributed by atoms with Gasteiger partial charge in [0, 0.05) is 24.0 Å². The second-order valence-corrected chi connectivity index (χ2v) is 7.81. The van der Waals surface area contributed by atoms with E-state index in [-0.39, 0.29) is 24.0 Å². The summed E-state index contributed by atoms with van der Waals surface area (Å²) in [7, 11) is 1.32. The summed E-state index contributed by atoms with van der Waals surface area (Å²) >= 11 is 0. The Morgan fingerprint density at radius 1 is 1.00 bits per heavy atom. The molecule has 0 fully saturated rings. The Morgan fingerprint density at radius 3 is 2.41 bits per heavy atom. The minimum absolute atomic E-state index is 0.0380. The van der Waals surface area contributed by atoms with Crippen LogP contribution in [-0.2, 0) is 17.8 Å². The fraction of sp³-hybridized carbons (Fsp3) is 0.115. The molecular weight excluding hydrogens is 432 g/mol. The molecule has 1 amide bonds. The molecule has 34 heavy (non-hydrogen) atoms. The van der Waals surface area contributed by atoms with Crippen molar-refractivity contribution in [3.8, 4) is 5.75 Å². The Balaban J connectivity index is 1.65. The van der Waals surface area contributed by atoms with Gasteiger partial charge in [-0.15, -0.1) is 0 Å². The zero-order valence-electron chi connectivity index (χ0n) is 18.5. The van der Waals surface area contributed by atoms with Crippen molar-refractivity contribution >= 4 is 28.6 Å². The van der Waals surface area contributed by atoms with Gasteiger partial charge >= 0.3 is 5.97 Å². The van der Waals surface area contributed by atoms with Gasteiger partial charge in [-0.05, 0) is 47.5 Å². The summed E-state index contributed by atoms with van der Waals surface area (Å²) in [4.78, 5) is 25.0. The summed E-state index contributed by atoms with van der Waals surface area (Å²) in [5.41, 5.74) is 9.29. The van der Waals surface area contributed by atoms with Crippen molar-refractivity contribution in [3.05, 3.63) is 101 Å². The van der Waals surface area contributed by atoms with Crippen LogP contribution in [-0.4, -0.2) is 34.5 Å². The number of fused-ring (bicyclic) bond motifs is 1. The number of hydrogen-bond acceptors (Lipinski definition) is 5. The minimum Gasteiger partial charge on any atom is -0.507 e. The summed E-state index contributed by atoms with van der Waals surface area (Å²) < 4.78 is 6.57. The highest BCUT2D eigenvalue weighted by Gasteiger charge is 2.18. The highest BCUT2D eigenvalue weighted by atomic mass is 16.5. The number of phenols is 1. The van der Waals surface area contributed by atoms with Crippen LogP contribution >= 0.6 is 0 Å². The lowest BCUT2D eigenvalue weighted by atomic mass is 10.1. The molecule has 0 spiro atoms. The van der Waals surface area contributed by atoms with Crippen LogP contribution in [0.1, 0.15) is 37.5 Å². The molecule has 3 aromatic carbocycles. The molecule has 0 bridgehead atoms. The van der Waals surface area contributed by atoms with E-state index in [9.17, 15) is 14.7 Å². The Labute approximate surface area is 196 Å². The molecule has 0 aliphatic rings. The molecule has 0 unspecified atom stereocenters. The zero-order chi connectivity index (χ0) is 24.2. The summed E-state index contributed by atoms with van der Waals surface area (Å²) in [6.45, 7) is 0.547. The third-order valence-corrected chi connectivity index (χ3v) is 5.54. The Hall–Kier alpha value is -4.59. The van der Waals surface area contributed by atoms with Crippen LogP contribution in [0.15, 0.2) is 72.8 Å². The van der Waals surface area contributed by atoms with E-state index in [1.807, 2.05) is 22.8 Å². The largest absolute Gasteiger partial charge is 0.507 e. The van der Waals surface area contributed by atoms with Crippen LogP contribution in [0.3, 0.4) is 0 Å². The number of phenolic OH excluding ortho intramolecular Hbond substituents is 1. The number of nitrogen functional groups attached to an aromatic ring is 1. The first-order valence-corrected chi connectivity index (χ1v) is 10.6. The smallest absolute Gasteiger partial charge is 0.337 e. The number of carbonyl (C=O) groups excluding carboxylic acids is 2. The number of nitrogens with one attached hydrogen (secondary N) is 2. The van der Waals surface area contributed by atoms with Crippen LogP contribution in [0.25, 0.3) is 10.9 Å². The number of aromatic hydroxyl groups is 1. The van der Waals surface area contributed by atoms with Crippen molar-refractivity contribution < 1.29 is 19.4 Å². The average molecular weight is 457 g/mol. The van der Waals surface area contributed by atoms with Crippen molar-refractivity contribution in [2.24, 2.45) is 5.73 Å². The number of aromatic nitrogens is 1. The van der Waals surface area contributed by atoms with Crippen molar-refractivity contribution in [1.82, 2.24) is 9.88 Å². The van der Waals surface area contributed by atoms with Crippen LogP contribution < -0.4 is 11.1 Å². The van der Waals surface area contributed by atoms with Crippen LogP contribution in [0, 0.1) is 5.41 Å². The molecule has 1 aromatic heterocycles. The van der Waals surface area contributed by atoms with Gasteiger partial charge in [-0.2, -0.15) is 0 Å². The number of rotatable bonds is 7. The minimum atomic E-state index is -0.448. The monoisotopic (exact) mass is 456 g/mol. The van der Waals surface area contributed by atoms with Gasteiger partial charge in [0.15, 0.2) is 0 Å². The van der Waals surface area contributed by atoms with Gasteiger partial charge in [-0.25, -0.2) is 4.79 Å². The molecule has 0 radical (unpaired) electrons. The van der Waals surface area contributed by atoms with Crippen molar-refractivity contribution in [2.45, 2.75) is 13.1 Å². The van der Waals surface area contributed by atoms with E-state index in [4.69, 9.17) is 15.9 Å². The average Bonchev–Trinajstić information content (AvgIpc) is 3.22. The summed E-state index contributed by atoms with van der Waals surface area (Å²) in [6, 6.07) is 20.9. The lowest BCUT2D eigenvalue weighted by Gasteiger charge is -2.13. The SMILES string of the molecule is COC(=O)c1cccc(CNC(=O)c2cc3c(O)cccc3n2Cc2cccc(C(=N)N)c2)c1. The molecule has 0 aliphatic heterocycles. The predicted octanol–water partition coefficient (Wildman–Crippen LogP) is 3.40. The summed E-state index contributed by atoms with van der Waals surface area (Å²) in [5, 5.41) is 21.5. The fourth-order valence-corrected chi connectivity index (χ4v) is 3.85. The fourth-order valence-electron chi connectivity index (χ4n) is 3.85. The molecule has 4 rings (SSSR count). The standard InChI is InChI=1S/C26H24N4O4/c1-34-26(33)19-8-2-5-16(11-19)14-29-25(32)22-13-20-21(9-4-10-23(20)31)30(22)15-17-6-3-7-18(12-17)24(27)28/h2-13,31H,14-15H2,1H3,(H3,27,28)(H,29,32). The first kappa shape index (κ1) is 22.6. The number of carbonyl (C=O) groups is 2. The van der Waals surface area contributed by atoms with Crippen molar-refractivity contribution in [2.75, 3.05) is 7.11 Å². The molecule has 0 saturated heterocycles. The number of methoxy groups -OCH3 is 1. The summed E-state index contributed by atoms with van der Waals surface area (Å²) in [6.07, 6.45) is 0. The first-order valence-electron chi connectivity index (χ1n) is 10.6. The van der Waals surface area contributed by atoms with E-state index in [0.29, 0.717) is 34.3 Å². The quantitative estimate of drug-likeness (QED) is 0.192. The number of nitrogens with two attached hydrogens (primary N) is 1. The number of benzene rings is 3. The molecule has 0 aliphatic carbocycles. The Bertz CT molecular complexity index is 1410. The van der Waals surface area contributed by atoms with Crippen LogP contribution in [0.2, 0.25) is 0 Å². The Morgan fingerprint density at radius 2 is 1.68 bits per heavy atom. The van der Waals surface area contributed by atoms with Crippen LogP contribution in [0.4, 0.5) is 0 Å². The highest BCUT2D eigenvalue weighted by Crippen LogP contribution is 2.29. The third kappa shape index (κ3) is 4.61. The number of amidine groups is 1. The van der Waals surface area contributed by atoms with Crippen molar-refractivity contribution in [1.29, 1.82) is 5.41 Å². The number of amides is 1. The van der Waals surface area contributed by atoms with Gasteiger partial charge in [-0.3, -0.25) is 10.2 Å². The topological polar surface area (TPSA) is 130 Å². The van der Waals surface area contributed by atoms with Crippen molar-refractivity contribution in [3.63, 3.8) is 0 Å². The molecule has 4 aromatic rings. The molecule has 5 N–H and O–H groups in total. The number of hydrogen-bond donors (Lipinski definition) is 4. The van der Waals surface area contributed by atoms with Crippen LogP contribution in [0.5, 0.6) is 5.75 Å². The second kappa shape index (κ2) is 9.50. The molecule has 8 heteroatoms. The third-order valence-electron chi connectivity index (χ3n) is 5.54. The molecule has 1 heterocycles. The maximum atomic E-state index is 13.2. The molecule has 0 atom stereocenters. The summed E-state index contributed by atoms with van der Waals surface area (Å²) in [5.74, 6) is -0.740. The number of esters is 1. The molecule has 8 nitrogen and oxygen atoms in total. The van der Waals surface area contributed by atoms with E-state index >= 15 is 0 Å². The van der Waals surface area contributed by atoms with Gasteiger partial charge in [0.05, 0.1) is 18.2 Å². The molecule has 0 saturated carbocycles. The van der Waals surface area contributed by atoms with Gasteiger partial charge in [0.2, 0.25) is 0 Å². The molecule has 172 valence electrons. The van der Waals surface area contributed by atoms with Gasteiger partial charge in [0.1, 0.15) is 17.3 Å². The van der Waals surface area contributed by atoms with E-state index in [2.05, 4.69) is 5.32 Å². The predicted molar refractivity (Wildman–Crippen MR) is 129 cm³/mol. The molecular formula is C26H24N4O4. The maximum absolute atomic E-state index is 13.2. The van der Waals surface area contributed by atoms with Gasteiger partial charge < -0.3 is 25.5 Å². The normalized spacial score (nSPS) is 10.7. The number of nitrogens with zero attached hydrogens (tertiary/aromatic N) is 1. The van der Waals surface area contributed by atoms with Gasteiger partial charge in [0.25, 0.3) is 5.91 Å². The van der Waals surface area contributed by atoms with Gasteiger partial charge in [-0.1, -0.05) is 36.4 Å². The lowest BCUT2D eigenvalue weighted by Crippen LogP contribution is -2.25. The first-order chi connectivity index (χ1) is 16.4. The second-order valence-electron chi connectivity index (χ2n) is 7.81. The lowest BCUT2D eigenvalue weighted by molar-refractivity contribution is 0.0600. The van der Waals surface area contributed by atoms with E-state index in [1.54, 1.807) is 54.6 Å². The van der Waals surface area contributed by atoms with E-state index < -0.39 is 5.97 Å². The van der Waals surface area contributed by atoms with E-state index in [0.717, 1.165) is 11.1 Å². The Kier molecular flexibility index (Phi) is 6.31. The highest BCUT2D eigenvalue weighted by molar-refractivity contribution is 6.00.